The fourth-order valence-electron chi connectivity index (χ4n) is 2.70. The van der Waals surface area contributed by atoms with Gasteiger partial charge in [0.05, 0.1) is 22.1 Å². The highest BCUT2D eigenvalue weighted by molar-refractivity contribution is 9.10. The molecule has 0 aromatic heterocycles. The number of allylic oxidation sites excluding steroid dienone is 2. The van der Waals surface area contributed by atoms with Crippen LogP contribution in [0.5, 0.6) is 0 Å². The van der Waals surface area contributed by atoms with E-state index in [1.165, 1.54) is 0 Å². The first kappa shape index (κ1) is 15.7. The van der Waals surface area contributed by atoms with Gasteiger partial charge in [0, 0.05) is 15.6 Å². The lowest BCUT2D eigenvalue weighted by Gasteiger charge is -2.07. The second kappa shape index (κ2) is 6.99. The highest BCUT2D eigenvalue weighted by atomic mass is 79.9. The first-order valence-electron chi connectivity index (χ1n) is 8.05. The molecule has 25 heavy (non-hydrogen) atoms. The van der Waals surface area contributed by atoms with Crippen molar-refractivity contribution in [3.05, 3.63) is 117 Å². The summed E-state index contributed by atoms with van der Waals surface area (Å²) in [6, 6.07) is 26.4. The number of halogens is 1. The van der Waals surface area contributed by atoms with Crippen molar-refractivity contribution in [3.8, 4) is 0 Å². The van der Waals surface area contributed by atoms with E-state index in [2.05, 4.69) is 40.2 Å². The predicted octanol–water partition coefficient (Wildman–Crippen LogP) is 4.78. The van der Waals surface area contributed by atoms with Crippen LogP contribution in [0.1, 0.15) is 11.1 Å². The Bertz CT molecular complexity index is 1080. The van der Waals surface area contributed by atoms with E-state index in [-0.39, 0.29) is 0 Å². The van der Waals surface area contributed by atoms with Crippen molar-refractivity contribution in [1.29, 1.82) is 0 Å². The van der Waals surface area contributed by atoms with Crippen LogP contribution in [0.15, 0.2) is 105 Å². The van der Waals surface area contributed by atoms with Gasteiger partial charge in [-0.3, -0.25) is 0 Å². The van der Waals surface area contributed by atoms with Crippen molar-refractivity contribution in [1.82, 2.24) is 0 Å². The Morgan fingerprint density at radius 2 is 1.00 bits per heavy atom. The van der Waals surface area contributed by atoms with Crippen molar-refractivity contribution in [2.75, 3.05) is 0 Å². The van der Waals surface area contributed by atoms with Crippen LogP contribution in [0.25, 0.3) is 11.4 Å². The SMILES string of the molecule is Brc1ccc(/C2=C/C=C(/c3ccccc3)N=c3ccccc3=N2)cc1. The van der Waals surface area contributed by atoms with Gasteiger partial charge in [-0.15, -0.1) is 0 Å². The number of benzene rings is 3. The van der Waals surface area contributed by atoms with Crippen molar-refractivity contribution in [2.24, 2.45) is 9.98 Å². The molecule has 0 saturated carbocycles. The van der Waals surface area contributed by atoms with Crippen LogP contribution >= 0.6 is 15.9 Å². The summed E-state index contributed by atoms with van der Waals surface area (Å²) in [5, 5.41) is 1.75. The summed E-state index contributed by atoms with van der Waals surface area (Å²) < 4.78 is 1.05. The van der Waals surface area contributed by atoms with Gasteiger partial charge in [-0.05, 0) is 36.4 Å². The quantitative estimate of drug-likeness (QED) is 0.605. The second-order valence-electron chi connectivity index (χ2n) is 5.69. The van der Waals surface area contributed by atoms with E-state index < -0.39 is 0 Å². The van der Waals surface area contributed by atoms with Gasteiger partial charge in [0.1, 0.15) is 0 Å². The average Bonchev–Trinajstić information content (AvgIpc) is 2.64. The van der Waals surface area contributed by atoms with Gasteiger partial charge in [-0.25, -0.2) is 9.98 Å². The van der Waals surface area contributed by atoms with Crippen LogP contribution in [0.3, 0.4) is 0 Å². The van der Waals surface area contributed by atoms with Gasteiger partial charge in [-0.2, -0.15) is 0 Å². The summed E-state index contributed by atoms with van der Waals surface area (Å²) in [4.78, 5) is 9.66. The van der Waals surface area contributed by atoms with Crippen LogP contribution < -0.4 is 10.7 Å². The highest BCUT2D eigenvalue weighted by Gasteiger charge is 2.05. The number of rotatable bonds is 2. The Labute approximate surface area is 154 Å². The van der Waals surface area contributed by atoms with Gasteiger partial charge in [0.25, 0.3) is 0 Å². The smallest absolute Gasteiger partial charge is 0.0893 e. The molecule has 3 heteroatoms. The fraction of sp³-hybridized carbons (Fsp3) is 0. The normalized spacial score (nSPS) is 17.5. The van der Waals surface area contributed by atoms with Crippen LogP contribution in [-0.2, 0) is 0 Å². The van der Waals surface area contributed by atoms with Gasteiger partial charge < -0.3 is 0 Å². The molecule has 3 aromatic rings. The molecule has 3 aromatic carbocycles. The van der Waals surface area contributed by atoms with Crippen LogP contribution in [0, 0.1) is 0 Å². The molecular formula is C22H15BrN2. The van der Waals surface area contributed by atoms with E-state index in [9.17, 15) is 0 Å². The summed E-state index contributed by atoms with van der Waals surface area (Å²) >= 11 is 3.49. The summed E-state index contributed by atoms with van der Waals surface area (Å²) in [6.45, 7) is 0. The minimum atomic E-state index is 0.873. The van der Waals surface area contributed by atoms with Gasteiger partial charge in [0.2, 0.25) is 0 Å². The molecule has 1 heterocycles. The lowest BCUT2D eigenvalue weighted by atomic mass is 10.1. The molecule has 0 N–H and O–H groups in total. The Morgan fingerprint density at radius 1 is 0.520 bits per heavy atom. The van der Waals surface area contributed by atoms with Crippen LogP contribution in [0.2, 0.25) is 0 Å². The molecule has 1 aliphatic rings. The number of hydrogen-bond donors (Lipinski definition) is 0. The minimum Gasteiger partial charge on any atom is -0.246 e. The monoisotopic (exact) mass is 386 g/mol. The number of fused-ring (bicyclic) bond motifs is 1. The molecule has 0 amide bonds. The molecule has 0 aliphatic carbocycles. The topological polar surface area (TPSA) is 24.7 Å². The molecule has 0 spiro atoms. The van der Waals surface area contributed by atoms with E-state index in [1.54, 1.807) is 0 Å². The van der Waals surface area contributed by atoms with E-state index in [0.717, 1.165) is 37.7 Å². The van der Waals surface area contributed by atoms with E-state index in [0.29, 0.717) is 0 Å². The van der Waals surface area contributed by atoms with Crippen molar-refractivity contribution < 1.29 is 0 Å². The third-order valence-electron chi connectivity index (χ3n) is 3.97. The molecule has 0 fully saturated rings. The molecule has 0 radical (unpaired) electrons. The van der Waals surface area contributed by atoms with Crippen molar-refractivity contribution >= 4 is 27.3 Å². The molecule has 2 nitrogen and oxygen atoms in total. The first-order valence-corrected chi connectivity index (χ1v) is 8.85. The van der Waals surface area contributed by atoms with Gasteiger partial charge in [-0.1, -0.05) is 70.5 Å². The Hall–Kier alpha value is -2.78. The highest BCUT2D eigenvalue weighted by Crippen LogP contribution is 2.21. The minimum absolute atomic E-state index is 0.873. The molecule has 0 unspecified atom stereocenters. The zero-order valence-corrected chi connectivity index (χ0v) is 15.0. The Balaban J connectivity index is 1.95. The lowest BCUT2D eigenvalue weighted by molar-refractivity contribution is 1.22. The Kier molecular flexibility index (Phi) is 4.40. The maximum atomic E-state index is 4.83. The van der Waals surface area contributed by atoms with Crippen LogP contribution in [-0.4, -0.2) is 0 Å². The fourth-order valence-corrected chi connectivity index (χ4v) is 2.96. The zero-order chi connectivity index (χ0) is 17.1. The lowest BCUT2D eigenvalue weighted by Crippen LogP contribution is -2.25. The molecule has 120 valence electrons. The average molecular weight is 387 g/mol. The summed E-state index contributed by atoms with van der Waals surface area (Å²) in [7, 11) is 0. The van der Waals surface area contributed by atoms with E-state index in [1.807, 2.05) is 66.7 Å². The summed E-state index contributed by atoms with van der Waals surface area (Å²) in [5.74, 6) is 0. The van der Waals surface area contributed by atoms with Crippen molar-refractivity contribution in [2.45, 2.75) is 0 Å². The maximum absolute atomic E-state index is 4.83. The number of para-hydroxylation sites is 2. The largest absolute Gasteiger partial charge is 0.246 e. The van der Waals surface area contributed by atoms with Gasteiger partial charge in [0.15, 0.2) is 0 Å². The number of nitrogens with zero attached hydrogens (tertiary/aromatic N) is 2. The maximum Gasteiger partial charge on any atom is 0.0893 e. The second-order valence-corrected chi connectivity index (χ2v) is 6.60. The van der Waals surface area contributed by atoms with E-state index in [4.69, 9.17) is 9.98 Å². The molecule has 0 atom stereocenters. The van der Waals surface area contributed by atoms with E-state index >= 15 is 0 Å². The first-order chi connectivity index (χ1) is 12.3. The standard InChI is InChI=1S/C22H15BrN2/c23-18-12-10-17(11-13-18)20-15-14-19(16-6-2-1-3-7-16)24-21-8-4-5-9-22(21)25-20/h1-15H/b15-14?,19-14-,20-15-,24-19?,24-21?,25-20?,25-22?. The van der Waals surface area contributed by atoms with Crippen LogP contribution in [0.4, 0.5) is 0 Å². The molecule has 0 bridgehead atoms. The third-order valence-corrected chi connectivity index (χ3v) is 4.50. The predicted molar refractivity (Wildman–Crippen MR) is 105 cm³/mol. The molecule has 0 saturated heterocycles. The van der Waals surface area contributed by atoms with Gasteiger partial charge >= 0.3 is 0 Å². The summed E-state index contributed by atoms with van der Waals surface area (Å²) in [6.07, 6.45) is 4.07. The van der Waals surface area contributed by atoms with Crippen molar-refractivity contribution in [3.63, 3.8) is 0 Å². The number of hydrogen-bond acceptors (Lipinski definition) is 2. The molecular weight excluding hydrogens is 372 g/mol. The Morgan fingerprint density at radius 3 is 1.56 bits per heavy atom. The summed E-state index contributed by atoms with van der Waals surface area (Å²) in [5.41, 5.74) is 4.01. The molecule has 1 aliphatic heterocycles. The zero-order valence-electron chi connectivity index (χ0n) is 13.4. The third kappa shape index (κ3) is 3.52. The molecule has 4 rings (SSSR count).